The van der Waals surface area contributed by atoms with Gasteiger partial charge in [0.25, 0.3) is 5.91 Å². The summed E-state index contributed by atoms with van der Waals surface area (Å²) < 4.78 is 36.6. The number of halogens is 3. The number of alkyl halides is 3. The number of carbonyl (C=O) groups is 2. The largest absolute Gasteiger partial charge is 0.481 e. The number of fused-ring (bicyclic) bond motifs is 1. The molecule has 1 aromatic rings. The Balaban J connectivity index is 1.61. The summed E-state index contributed by atoms with van der Waals surface area (Å²) in [7, 11) is 0. The molecule has 0 bridgehead atoms. The topological polar surface area (TPSA) is 66.4 Å². The predicted octanol–water partition coefficient (Wildman–Crippen LogP) is 3.16. The lowest BCUT2D eigenvalue weighted by Crippen LogP contribution is -2.43. The summed E-state index contributed by atoms with van der Waals surface area (Å²) in [5.41, 5.74) is 0.0203. The smallest absolute Gasteiger partial charge is 0.389 e. The zero-order valence-electron chi connectivity index (χ0n) is 12.9. The Bertz CT molecular complexity index is 656. The summed E-state index contributed by atoms with van der Waals surface area (Å²) in [5.74, 6) is -1.10. The van der Waals surface area contributed by atoms with E-state index in [1.54, 1.807) is 0 Å². The highest BCUT2D eigenvalue weighted by Crippen LogP contribution is 2.63. The number of aliphatic carboxylic acids is 1. The predicted molar refractivity (Wildman–Crippen MR) is 79.5 cm³/mol. The summed E-state index contributed by atoms with van der Waals surface area (Å²) in [6.07, 6.45) is -3.19. The minimum absolute atomic E-state index is 0.127. The van der Waals surface area contributed by atoms with E-state index in [0.717, 1.165) is 6.42 Å². The van der Waals surface area contributed by atoms with Crippen LogP contribution in [0.1, 0.15) is 41.6 Å². The summed E-state index contributed by atoms with van der Waals surface area (Å²) in [6, 6.07) is 5.59. The molecule has 2 fully saturated rings. The number of aryl methyl sites for hydroxylation is 1. The van der Waals surface area contributed by atoms with Crippen LogP contribution in [0.5, 0.6) is 0 Å². The maximum atomic E-state index is 12.3. The van der Waals surface area contributed by atoms with E-state index in [1.165, 1.54) is 24.3 Å². The third kappa shape index (κ3) is 3.12. The summed E-state index contributed by atoms with van der Waals surface area (Å²) in [5, 5.41) is 12.2. The van der Waals surface area contributed by atoms with Gasteiger partial charge < -0.3 is 10.4 Å². The lowest BCUT2D eigenvalue weighted by atomic mass is 9.97. The normalized spacial score (nSPS) is 28.3. The monoisotopic (exact) mass is 341 g/mol. The van der Waals surface area contributed by atoms with Crippen LogP contribution >= 0.6 is 0 Å². The van der Waals surface area contributed by atoms with E-state index in [4.69, 9.17) is 0 Å². The van der Waals surface area contributed by atoms with Crippen LogP contribution < -0.4 is 5.32 Å². The molecule has 0 saturated heterocycles. The van der Waals surface area contributed by atoms with Crippen molar-refractivity contribution in [2.75, 3.05) is 0 Å². The van der Waals surface area contributed by atoms with Gasteiger partial charge in [-0.2, -0.15) is 13.2 Å². The van der Waals surface area contributed by atoms with Gasteiger partial charge in [0.05, 0.1) is 5.41 Å². The lowest BCUT2D eigenvalue weighted by molar-refractivity contribution is -0.144. The first kappa shape index (κ1) is 16.8. The van der Waals surface area contributed by atoms with Crippen molar-refractivity contribution in [2.24, 2.45) is 11.3 Å². The molecule has 7 heteroatoms. The third-order valence-electron chi connectivity index (χ3n) is 5.19. The van der Waals surface area contributed by atoms with Crippen LogP contribution in [-0.2, 0) is 11.2 Å². The summed E-state index contributed by atoms with van der Waals surface area (Å²) in [4.78, 5) is 23.7. The molecule has 2 aliphatic rings. The van der Waals surface area contributed by atoms with Gasteiger partial charge in [-0.25, -0.2) is 0 Å². The first-order valence-corrected chi connectivity index (χ1v) is 7.92. The average Bonchev–Trinajstić information content (AvgIpc) is 3.16. The number of carboxylic acids is 1. The maximum Gasteiger partial charge on any atom is 0.389 e. The van der Waals surface area contributed by atoms with Crippen LogP contribution in [0.2, 0.25) is 0 Å². The molecule has 2 aliphatic carbocycles. The SMILES string of the molecule is O=C(NC1CCC2CC21C(=O)O)c1ccc(CCC(F)(F)F)cc1. The number of rotatable bonds is 5. The quantitative estimate of drug-likeness (QED) is 0.864. The molecule has 0 heterocycles. The molecule has 3 unspecified atom stereocenters. The van der Waals surface area contributed by atoms with Crippen LogP contribution in [0, 0.1) is 11.3 Å². The van der Waals surface area contributed by atoms with Crippen molar-refractivity contribution < 1.29 is 27.9 Å². The molecular weight excluding hydrogens is 323 g/mol. The number of benzene rings is 1. The summed E-state index contributed by atoms with van der Waals surface area (Å²) in [6.45, 7) is 0. The Morgan fingerprint density at radius 3 is 2.42 bits per heavy atom. The molecule has 2 N–H and O–H groups in total. The third-order valence-corrected chi connectivity index (χ3v) is 5.19. The Labute approximate surface area is 137 Å². The van der Waals surface area contributed by atoms with Gasteiger partial charge >= 0.3 is 12.1 Å². The van der Waals surface area contributed by atoms with Gasteiger partial charge in [-0.3, -0.25) is 9.59 Å². The molecule has 3 atom stereocenters. The number of carboxylic acid groups (broad SMARTS) is 1. The van der Waals surface area contributed by atoms with Crippen molar-refractivity contribution >= 4 is 11.9 Å². The minimum Gasteiger partial charge on any atom is -0.481 e. The zero-order chi connectivity index (χ0) is 17.5. The van der Waals surface area contributed by atoms with Crippen LogP contribution in [0.15, 0.2) is 24.3 Å². The number of amides is 1. The molecule has 130 valence electrons. The second-order valence-corrected chi connectivity index (χ2v) is 6.66. The van der Waals surface area contributed by atoms with Crippen LogP contribution in [0.25, 0.3) is 0 Å². The van der Waals surface area contributed by atoms with Gasteiger partial charge in [0, 0.05) is 18.0 Å². The molecule has 0 spiro atoms. The van der Waals surface area contributed by atoms with Crippen molar-refractivity contribution in [2.45, 2.75) is 44.3 Å². The van der Waals surface area contributed by atoms with Gasteiger partial charge in [-0.05, 0) is 49.3 Å². The summed E-state index contributed by atoms with van der Waals surface area (Å²) >= 11 is 0. The minimum atomic E-state index is -4.20. The van der Waals surface area contributed by atoms with E-state index in [-0.39, 0.29) is 24.3 Å². The van der Waals surface area contributed by atoms with Crippen LogP contribution in [0.4, 0.5) is 13.2 Å². The highest BCUT2D eigenvalue weighted by molar-refractivity contribution is 5.95. The molecule has 0 aliphatic heterocycles. The van der Waals surface area contributed by atoms with Crippen molar-refractivity contribution in [3.05, 3.63) is 35.4 Å². The van der Waals surface area contributed by atoms with Crippen molar-refractivity contribution in [1.82, 2.24) is 5.32 Å². The highest BCUT2D eigenvalue weighted by Gasteiger charge is 2.68. The van der Waals surface area contributed by atoms with E-state index >= 15 is 0 Å². The first-order chi connectivity index (χ1) is 11.2. The van der Waals surface area contributed by atoms with Crippen molar-refractivity contribution in [3.8, 4) is 0 Å². The fraction of sp³-hybridized carbons (Fsp3) is 0.529. The Kier molecular flexibility index (Phi) is 4.05. The fourth-order valence-electron chi connectivity index (χ4n) is 3.72. The molecule has 1 aromatic carbocycles. The van der Waals surface area contributed by atoms with Gasteiger partial charge in [0.2, 0.25) is 0 Å². The first-order valence-electron chi connectivity index (χ1n) is 7.92. The maximum absolute atomic E-state index is 12.3. The Hall–Kier alpha value is -2.05. The van der Waals surface area contributed by atoms with Gasteiger partial charge in [-0.15, -0.1) is 0 Å². The molecule has 2 saturated carbocycles. The van der Waals surface area contributed by atoms with Crippen molar-refractivity contribution in [1.29, 1.82) is 0 Å². The number of hydrogen-bond acceptors (Lipinski definition) is 2. The number of nitrogens with one attached hydrogen (secondary N) is 1. The van der Waals surface area contributed by atoms with E-state index in [1.807, 2.05) is 0 Å². The van der Waals surface area contributed by atoms with E-state index < -0.39 is 24.0 Å². The van der Waals surface area contributed by atoms with Gasteiger partial charge in [0.1, 0.15) is 0 Å². The fourth-order valence-corrected chi connectivity index (χ4v) is 3.72. The molecule has 3 rings (SSSR count). The molecule has 4 nitrogen and oxygen atoms in total. The van der Waals surface area contributed by atoms with Crippen LogP contribution in [0.3, 0.4) is 0 Å². The highest BCUT2D eigenvalue weighted by atomic mass is 19.4. The van der Waals surface area contributed by atoms with Crippen LogP contribution in [-0.4, -0.2) is 29.2 Å². The number of hydrogen-bond donors (Lipinski definition) is 2. The average molecular weight is 341 g/mol. The zero-order valence-corrected chi connectivity index (χ0v) is 12.9. The van der Waals surface area contributed by atoms with Crippen molar-refractivity contribution in [3.63, 3.8) is 0 Å². The standard InChI is InChI=1S/C17H18F3NO3/c18-17(19,20)8-7-10-1-3-11(4-2-10)14(22)21-13-6-5-12-9-16(12,13)15(23)24/h1-4,12-13H,5-9H2,(H,21,22)(H,23,24). The number of carbonyl (C=O) groups excluding carboxylic acids is 1. The van der Waals surface area contributed by atoms with Gasteiger partial charge in [0.15, 0.2) is 0 Å². The molecule has 24 heavy (non-hydrogen) atoms. The Morgan fingerprint density at radius 1 is 1.21 bits per heavy atom. The van der Waals surface area contributed by atoms with E-state index in [9.17, 15) is 27.9 Å². The lowest BCUT2D eigenvalue weighted by Gasteiger charge is -2.21. The van der Waals surface area contributed by atoms with E-state index in [2.05, 4.69) is 5.32 Å². The molecule has 0 radical (unpaired) electrons. The second kappa shape index (κ2) is 5.79. The van der Waals surface area contributed by atoms with E-state index in [0.29, 0.717) is 24.0 Å². The molecular formula is C17H18F3NO3. The van der Waals surface area contributed by atoms with Gasteiger partial charge in [-0.1, -0.05) is 12.1 Å². The molecule has 0 aromatic heterocycles. The second-order valence-electron chi connectivity index (χ2n) is 6.66. The molecule has 1 amide bonds. The Morgan fingerprint density at radius 2 is 1.88 bits per heavy atom.